The molecule has 250 valence electrons. The highest BCUT2D eigenvalue weighted by molar-refractivity contribution is 7.99. The number of nitrogens with one attached hydrogen (secondary N) is 3. The molecule has 1 aromatic heterocycles. The maximum absolute atomic E-state index is 14.2. The number of fused-ring (bicyclic) bond motifs is 1. The van der Waals surface area contributed by atoms with Gasteiger partial charge in [0.2, 0.25) is 11.8 Å². The standard InChI is InChI=1S/C36H38N4O7S/c1-23(2)47-35(44)32(41)29(17-24-11-5-3-6-12-24)38-33(42)31-21-48-22-40(31)34(43)30(18-26-19-37-28-16-10-9-15-27(26)28)39-36(45)46-20-25-13-7-4-8-14-25/h3-16,19,23,29-31,37H,17-18,20-22H2,1-2H3,(H,38,42)(H,39,45)/t29-,30-,31-/m0/s1. The van der Waals surface area contributed by atoms with Crippen molar-refractivity contribution in [3.8, 4) is 0 Å². The average Bonchev–Trinajstić information content (AvgIpc) is 3.75. The second-order valence-corrected chi connectivity index (χ2v) is 12.7. The van der Waals surface area contributed by atoms with Gasteiger partial charge in [-0.25, -0.2) is 9.59 Å². The summed E-state index contributed by atoms with van der Waals surface area (Å²) in [6, 6.07) is 22.6. The van der Waals surface area contributed by atoms with Gasteiger partial charge in [0.05, 0.1) is 12.0 Å². The van der Waals surface area contributed by atoms with Crippen LogP contribution in [0.1, 0.15) is 30.5 Å². The molecule has 3 amide bonds. The molecule has 1 fully saturated rings. The molecule has 0 bridgehead atoms. The number of Topliss-reactive ketones (excluding diaryl/α,β-unsaturated/α-hetero) is 1. The first-order valence-electron chi connectivity index (χ1n) is 15.7. The minimum absolute atomic E-state index is 0.0152. The molecule has 1 saturated heterocycles. The number of carbonyl (C=O) groups is 5. The molecule has 0 radical (unpaired) electrons. The largest absolute Gasteiger partial charge is 0.457 e. The third kappa shape index (κ3) is 8.82. The lowest BCUT2D eigenvalue weighted by Crippen LogP contribution is -2.57. The van der Waals surface area contributed by atoms with Crippen molar-refractivity contribution in [3.05, 3.63) is 108 Å². The molecule has 48 heavy (non-hydrogen) atoms. The van der Waals surface area contributed by atoms with Gasteiger partial charge in [0, 0.05) is 35.7 Å². The van der Waals surface area contributed by atoms with Gasteiger partial charge < -0.3 is 30.0 Å². The van der Waals surface area contributed by atoms with E-state index in [-0.39, 0.29) is 31.1 Å². The van der Waals surface area contributed by atoms with Crippen molar-refractivity contribution in [2.45, 2.75) is 57.5 Å². The Balaban J connectivity index is 1.34. The lowest BCUT2D eigenvalue weighted by atomic mass is 10.0. The van der Waals surface area contributed by atoms with Crippen LogP contribution in [-0.4, -0.2) is 75.4 Å². The molecule has 0 saturated carbocycles. The van der Waals surface area contributed by atoms with Crippen molar-refractivity contribution >= 4 is 52.3 Å². The number of hydrogen-bond acceptors (Lipinski definition) is 8. The Hall–Kier alpha value is -5.10. The molecule has 1 aliphatic rings. The normalized spacial score (nSPS) is 15.5. The van der Waals surface area contributed by atoms with Crippen LogP contribution in [0, 0.1) is 0 Å². The van der Waals surface area contributed by atoms with E-state index < -0.39 is 53.9 Å². The van der Waals surface area contributed by atoms with Gasteiger partial charge in [0.15, 0.2) is 0 Å². The van der Waals surface area contributed by atoms with Gasteiger partial charge >= 0.3 is 12.1 Å². The minimum Gasteiger partial charge on any atom is -0.457 e. The van der Waals surface area contributed by atoms with Crippen molar-refractivity contribution in [1.82, 2.24) is 20.5 Å². The number of H-pyrrole nitrogens is 1. The Kier molecular flexibility index (Phi) is 11.5. The predicted octanol–water partition coefficient (Wildman–Crippen LogP) is 4.16. The Labute approximate surface area is 282 Å². The lowest BCUT2D eigenvalue weighted by Gasteiger charge is -2.29. The van der Waals surface area contributed by atoms with E-state index in [0.29, 0.717) is 0 Å². The van der Waals surface area contributed by atoms with E-state index in [9.17, 15) is 24.0 Å². The molecule has 12 heteroatoms. The quantitative estimate of drug-likeness (QED) is 0.142. The van der Waals surface area contributed by atoms with Crippen LogP contribution >= 0.6 is 11.8 Å². The lowest BCUT2D eigenvalue weighted by molar-refractivity contribution is -0.158. The number of amides is 3. The summed E-state index contributed by atoms with van der Waals surface area (Å²) in [5.41, 5.74) is 3.21. The highest BCUT2D eigenvalue weighted by atomic mass is 32.2. The van der Waals surface area contributed by atoms with Gasteiger partial charge in [-0.2, -0.15) is 0 Å². The van der Waals surface area contributed by atoms with E-state index in [1.54, 1.807) is 44.3 Å². The highest BCUT2D eigenvalue weighted by Crippen LogP contribution is 2.25. The Bertz CT molecular complexity index is 1740. The van der Waals surface area contributed by atoms with Gasteiger partial charge in [-0.1, -0.05) is 78.9 Å². The second kappa shape index (κ2) is 16.1. The number of aromatic nitrogens is 1. The second-order valence-electron chi connectivity index (χ2n) is 11.7. The minimum atomic E-state index is -1.21. The fourth-order valence-electron chi connectivity index (χ4n) is 5.45. The summed E-state index contributed by atoms with van der Waals surface area (Å²) in [7, 11) is 0. The Morgan fingerprint density at radius 3 is 2.23 bits per heavy atom. The summed E-state index contributed by atoms with van der Waals surface area (Å²) in [5, 5.41) is 6.35. The van der Waals surface area contributed by atoms with Crippen LogP contribution in [0.25, 0.3) is 10.9 Å². The Morgan fingerprint density at radius 1 is 0.854 bits per heavy atom. The molecule has 0 aliphatic carbocycles. The van der Waals surface area contributed by atoms with Crippen molar-refractivity contribution < 1.29 is 33.4 Å². The van der Waals surface area contributed by atoms with Crippen LogP contribution in [0.2, 0.25) is 0 Å². The summed E-state index contributed by atoms with van der Waals surface area (Å²) in [5.74, 6) is -2.54. The monoisotopic (exact) mass is 670 g/mol. The van der Waals surface area contributed by atoms with Crippen molar-refractivity contribution in [3.63, 3.8) is 0 Å². The molecular weight excluding hydrogens is 632 g/mol. The summed E-state index contributed by atoms with van der Waals surface area (Å²) < 4.78 is 10.6. The molecule has 3 N–H and O–H groups in total. The molecule has 3 aromatic carbocycles. The zero-order chi connectivity index (χ0) is 34.0. The van der Waals surface area contributed by atoms with Crippen LogP contribution in [0.5, 0.6) is 0 Å². The Morgan fingerprint density at radius 2 is 1.52 bits per heavy atom. The number of aromatic amines is 1. The fourth-order valence-corrected chi connectivity index (χ4v) is 6.61. The number of carbonyl (C=O) groups excluding carboxylic acids is 5. The molecule has 3 atom stereocenters. The van der Waals surface area contributed by atoms with Crippen LogP contribution in [-0.2, 0) is 48.1 Å². The predicted molar refractivity (Wildman–Crippen MR) is 182 cm³/mol. The summed E-state index contributed by atoms with van der Waals surface area (Å²) >= 11 is 1.37. The maximum Gasteiger partial charge on any atom is 0.408 e. The maximum atomic E-state index is 14.2. The smallest absolute Gasteiger partial charge is 0.408 e. The van der Waals surface area contributed by atoms with Gasteiger partial charge in [0.1, 0.15) is 24.7 Å². The van der Waals surface area contributed by atoms with Gasteiger partial charge in [-0.05, 0) is 36.6 Å². The first-order valence-corrected chi connectivity index (χ1v) is 16.8. The van der Waals surface area contributed by atoms with Crippen LogP contribution in [0.3, 0.4) is 0 Å². The first-order chi connectivity index (χ1) is 23.2. The third-order valence-electron chi connectivity index (χ3n) is 7.83. The topological polar surface area (TPSA) is 147 Å². The van der Waals surface area contributed by atoms with E-state index in [4.69, 9.17) is 9.47 Å². The number of benzene rings is 3. The van der Waals surface area contributed by atoms with Crippen LogP contribution in [0.4, 0.5) is 4.79 Å². The molecule has 0 unspecified atom stereocenters. The summed E-state index contributed by atoms with van der Waals surface area (Å²) in [6.07, 6.45) is 0.692. The zero-order valence-corrected chi connectivity index (χ0v) is 27.5. The van der Waals surface area contributed by atoms with Gasteiger partial charge in [-0.15, -0.1) is 11.8 Å². The van der Waals surface area contributed by atoms with Gasteiger partial charge in [0.25, 0.3) is 5.78 Å². The molecule has 0 spiro atoms. The molecule has 2 heterocycles. The fraction of sp³-hybridized carbons (Fsp3) is 0.306. The number of para-hydroxylation sites is 1. The number of nitrogens with zero attached hydrogens (tertiary/aromatic N) is 1. The number of alkyl carbamates (subject to hydrolysis) is 1. The summed E-state index contributed by atoms with van der Waals surface area (Å²) in [6.45, 7) is 3.28. The van der Waals surface area contributed by atoms with Crippen molar-refractivity contribution in [2.24, 2.45) is 0 Å². The summed E-state index contributed by atoms with van der Waals surface area (Å²) in [4.78, 5) is 71.3. The number of ketones is 1. The van der Waals surface area contributed by atoms with Crippen molar-refractivity contribution in [2.75, 3.05) is 11.6 Å². The van der Waals surface area contributed by atoms with E-state index in [2.05, 4.69) is 15.6 Å². The van der Waals surface area contributed by atoms with E-state index in [0.717, 1.165) is 27.6 Å². The third-order valence-corrected chi connectivity index (χ3v) is 8.84. The SMILES string of the molecule is CC(C)OC(=O)C(=O)[C@H](Cc1ccccc1)NC(=O)[C@@H]1CSCN1C(=O)[C@H](Cc1c[nH]c2ccccc12)NC(=O)OCc1ccccc1. The van der Waals surface area contributed by atoms with Crippen molar-refractivity contribution in [1.29, 1.82) is 0 Å². The highest BCUT2D eigenvalue weighted by Gasteiger charge is 2.40. The number of hydrogen-bond donors (Lipinski definition) is 3. The number of esters is 1. The van der Waals surface area contributed by atoms with E-state index >= 15 is 0 Å². The molecule has 4 aromatic rings. The molecule has 11 nitrogen and oxygen atoms in total. The molecule has 5 rings (SSSR count). The van der Waals surface area contributed by atoms with E-state index in [1.807, 2.05) is 60.7 Å². The van der Waals surface area contributed by atoms with E-state index in [1.165, 1.54) is 16.7 Å². The first kappa shape index (κ1) is 34.2. The van der Waals surface area contributed by atoms with Gasteiger partial charge in [-0.3, -0.25) is 14.4 Å². The van der Waals surface area contributed by atoms with Crippen LogP contribution in [0.15, 0.2) is 91.1 Å². The molecular formula is C36H38N4O7S. The molecule has 1 aliphatic heterocycles. The number of thioether (sulfide) groups is 1. The average molecular weight is 671 g/mol. The zero-order valence-electron chi connectivity index (χ0n) is 26.7. The number of rotatable bonds is 13. The number of ether oxygens (including phenoxy) is 2. The van der Waals surface area contributed by atoms with Crippen LogP contribution < -0.4 is 10.6 Å².